The van der Waals surface area contributed by atoms with Crippen molar-refractivity contribution in [3.8, 4) is 0 Å². The largest absolute Gasteiger partial charge is 0.282 e. The molecule has 0 heterocycles. The van der Waals surface area contributed by atoms with Gasteiger partial charge in [-0.15, -0.1) is 0 Å². The highest BCUT2D eigenvalue weighted by Gasteiger charge is 2.14. The van der Waals surface area contributed by atoms with E-state index in [2.05, 4.69) is 8.80 Å². The maximum absolute atomic E-state index is 12.0. The lowest BCUT2D eigenvalue weighted by Gasteiger charge is -2.05. The number of hydrogen-bond acceptors (Lipinski definition) is 4. The van der Waals surface area contributed by atoms with Crippen LogP contribution in [0.3, 0.4) is 0 Å². The third kappa shape index (κ3) is 7.55. The van der Waals surface area contributed by atoms with Gasteiger partial charge in [0.1, 0.15) is 9.67 Å². The SMILES string of the molecule is O=S(=O)(N=CC(Cl)Cl)c1ccc(Cc2ccc(S(=O)(=O)N=CC(Cl)Cl)cc2)cc1. The molecule has 0 aromatic heterocycles. The maximum Gasteiger partial charge on any atom is 0.282 e. The minimum absolute atomic E-state index is 0.00248. The van der Waals surface area contributed by atoms with Crippen molar-refractivity contribution >= 4 is 78.9 Å². The van der Waals surface area contributed by atoms with Crippen LogP contribution < -0.4 is 0 Å². The molecule has 2 rings (SSSR count). The molecule has 0 aliphatic rings. The fraction of sp³-hybridized carbons (Fsp3) is 0.176. The summed E-state index contributed by atoms with van der Waals surface area (Å²) in [6.07, 6.45) is 2.31. The topological polar surface area (TPSA) is 93.0 Å². The summed E-state index contributed by atoms with van der Waals surface area (Å²) in [6, 6.07) is 12.2. The Morgan fingerprint density at radius 2 is 0.966 bits per heavy atom. The highest BCUT2D eigenvalue weighted by Crippen LogP contribution is 2.18. The van der Waals surface area contributed by atoms with E-state index in [1.54, 1.807) is 24.3 Å². The first kappa shape index (κ1) is 24.1. The molecular formula is C17H14Cl4N2O4S2. The molecule has 0 radical (unpaired) electrons. The van der Waals surface area contributed by atoms with Gasteiger partial charge in [-0.1, -0.05) is 70.7 Å². The van der Waals surface area contributed by atoms with E-state index in [1.165, 1.54) is 24.3 Å². The minimum Gasteiger partial charge on any atom is -0.199 e. The first-order valence-corrected chi connectivity index (χ1v) is 12.5. The lowest BCUT2D eigenvalue weighted by Crippen LogP contribution is -2.01. The summed E-state index contributed by atoms with van der Waals surface area (Å²) in [5.74, 6) is 0. The van der Waals surface area contributed by atoms with Crippen LogP contribution in [-0.2, 0) is 26.5 Å². The van der Waals surface area contributed by atoms with Gasteiger partial charge in [-0.05, 0) is 41.8 Å². The molecular weight excluding hydrogens is 502 g/mol. The van der Waals surface area contributed by atoms with Crippen molar-refractivity contribution in [3.05, 3.63) is 59.7 Å². The van der Waals surface area contributed by atoms with Crippen molar-refractivity contribution in [1.82, 2.24) is 0 Å². The van der Waals surface area contributed by atoms with Crippen LogP contribution in [0.15, 0.2) is 67.1 Å². The summed E-state index contributed by atoms with van der Waals surface area (Å²) < 4.78 is 54.9. The number of hydrogen-bond donors (Lipinski definition) is 0. The molecule has 2 aromatic carbocycles. The number of halogens is 4. The molecule has 0 spiro atoms. The fourth-order valence-corrected chi connectivity index (χ4v) is 4.43. The molecule has 0 bridgehead atoms. The quantitative estimate of drug-likeness (QED) is 0.384. The molecule has 0 N–H and O–H groups in total. The zero-order valence-electron chi connectivity index (χ0n) is 14.5. The summed E-state index contributed by atoms with van der Waals surface area (Å²) in [4.78, 5) is -2.04. The van der Waals surface area contributed by atoms with E-state index in [1.807, 2.05) is 0 Å². The van der Waals surface area contributed by atoms with Gasteiger partial charge in [0.25, 0.3) is 20.0 Å². The van der Waals surface area contributed by atoms with Crippen LogP contribution in [0.5, 0.6) is 0 Å². The van der Waals surface area contributed by atoms with Crippen molar-refractivity contribution in [2.75, 3.05) is 0 Å². The molecule has 12 heteroatoms. The number of alkyl halides is 4. The fourth-order valence-electron chi connectivity index (χ4n) is 2.17. The molecule has 0 aliphatic heterocycles. The number of sulfonamides is 2. The highest BCUT2D eigenvalue weighted by molar-refractivity contribution is 7.90. The third-order valence-electron chi connectivity index (χ3n) is 3.48. The van der Waals surface area contributed by atoms with Crippen LogP contribution >= 0.6 is 46.4 Å². The molecule has 29 heavy (non-hydrogen) atoms. The number of rotatable bonds is 8. The number of nitrogens with zero attached hydrogens (tertiary/aromatic N) is 2. The Labute approximate surface area is 189 Å². The Bertz CT molecular complexity index is 1010. The Morgan fingerprint density at radius 1 is 0.655 bits per heavy atom. The lowest BCUT2D eigenvalue weighted by molar-refractivity contribution is 0.596. The summed E-state index contributed by atoms with van der Waals surface area (Å²) in [6.45, 7) is 0. The molecule has 0 fully saturated rings. The smallest absolute Gasteiger partial charge is 0.199 e. The minimum atomic E-state index is -3.88. The Balaban J connectivity index is 2.13. The molecule has 0 saturated carbocycles. The van der Waals surface area contributed by atoms with Crippen molar-refractivity contribution in [2.45, 2.75) is 25.9 Å². The van der Waals surface area contributed by atoms with Gasteiger partial charge in [-0.25, -0.2) is 0 Å². The summed E-state index contributed by atoms with van der Waals surface area (Å²) in [5, 5.41) is 0. The van der Waals surface area contributed by atoms with Gasteiger partial charge in [0, 0.05) is 0 Å². The van der Waals surface area contributed by atoms with Gasteiger partial charge in [0.2, 0.25) is 0 Å². The van der Waals surface area contributed by atoms with Crippen LogP contribution in [0.25, 0.3) is 0 Å². The van der Waals surface area contributed by atoms with E-state index in [-0.39, 0.29) is 9.79 Å². The van der Waals surface area contributed by atoms with Gasteiger partial charge >= 0.3 is 0 Å². The van der Waals surface area contributed by atoms with E-state index in [9.17, 15) is 16.8 Å². The first-order valence-electron chi connectivity index (χ1n) is 7.85. The normalized spacial score (nSPS) is 13.2. The molecule has 6 nitrogen and oxygen atoms in total. The molecule has 2 aromatic rings. The van der Waals surface area contributed by atoms with Crippen molar-refractivity contribution in [3.63, 3.8) is 0 Å². The number of benzene rings is 2. The van der Waals surface area contributed by atoms with Crippen molar-refractivity contribution in [1.29, 1.82) is 0 Å². The monoisotopic (exact) mass is 514 g/mol. The average Bonchev–Trinajstić information content (AvgIpc) is 2.66. The molecule has 0 saturated heterocycles. The van der Waals surface area contributed by atoms with E-state index in [0.29, 0.717) is 6.42 Å². The molecule has 156 valence electrons. The van der Waals surface area contributed by atoms with E-state index < -0.39 is 29.7 Å². The second-order valence-electron chi connectivity index (χ2n) is 5.59. The average molecular weight is 516 g/mol. The summed E-state index contributed by atoms with van der Waals surface area (Å²) in [7, 11) is -7.75. The van der Waals surface area contributed by atoms with E-state index >= 15 is 0 Å². The Kier molecular flexibility index (Phi) is 8.51. The Morgan fingerprint density at radius 3 is 1.24 bits per heavy atom. The van der Waals surface area contributed by atoms with Gasteiger partial charge in [-0.2, -0.15) is 25.6 Å². The van der Waals surface area contributed by atoms with Crippen molar-refractivity contribution in [2.24, 2.45) is 8.80 Å². The predicted octanol–water partition coefficient (Wildman–Crippen LogP) is 4.40. The highest BCUT2D eigenvalue weighted by atomic mass is 35.5. The predicted molar refractivity (Wildman–Crippen MR) is 118 cm³/mol. The zero-order chi connectivity index (χ0) is 21.7. The summed E-state index contributed by atoms with van der Waals surface area (Å²) in [5.41, 5.74) is 1.64. The van der Waals surface area contributed by atoms with Crippen LogP contribution in [0, 0.1) is 0 Å². The second kappa shape index (κ2) is 10.2. The molecule has 0 atom stereocenters. The summed E-state index contributed by atoms with van der Waals surface area (Å²) >= 11 is 21.8. The van der Waals surface area contributed by atoms with Crippen LogP contribution in [0.2, 0.25) is 0 Å². The third-order valence-corrected chi connectivity index (χ3v) is 6.46. The zero-order valence-corrected chi connectivity index (χ0v) is 19.1. The van der Waals surface area contributed by atoms with Crippen LogP contribution in [0.4, 0.5) is 0 Å². The molecule has 0 aliphatic carbocycles. The van der Waals surface area contributed by atoms with Gasteiger partial charge in [0.15, 0.2) is 0 Å². The standard InChI is InChI=1S/C17H14Cl4N2O4S2/c18-16(19)10-22-28(24,25)14-5-1-12(2-6-14)9-13-3-7-15(8-4-13)29(26,27)23-11-17(20)21/h1-8,10-11,16-17H,9H2. The maximum atomic E-state index is 12.0. The van der Waals surface area contributed by atoms with E-state index in [4.69, 9.17) is 46.4 Å². The van der Waals surface area contributed by atoms with Crippen LogP contribution in [-0.4, -0.2) is 38.9 Å². The van der Waals surface area contributed by atoms with E-state index in [0.717, 1.165) is 23.6 Å². The van der Waals surface area contributed by atoms with Gasteiger partial charge in [-0.3, -0.25) is 0 Å². The van der Waals surface area contributed by atoms with Crippen molar-refractivity contribution < 1.29 is 16.8 Å². The lowest BCUT2D eigenvalue weighted by atomic mass is 10.1. The second-order valence-corrected chi connectivity index (χ2v) is 11.2. The van der Waals surface area contributed by atoms with Crippen LogP contribution in [0.1, 0.15) is 11.1 Å². The van der Waals surface area contributed by atoms with Gasteiger partial charge in [0.05, 0.1) is 22.2 Å². The first-order chi connectivity index (χ1) is 13.5. The molecule has 0 amide bonds. The molecule has 0 unspecified atom stereocenters. The Hall–Kier alpha value is -1.16. The van der Waals surface area contributed by atoms with Gasteiger partial charge < -0.3 is 0 Å².